The van der Waals surface area contributed by atoms with E-state index in [2.05, 4.69) is 26.0 Å². The summed E-state index contributed by atoms with van der Waals surface area (Å²) in [6.45, 7) is 4.53. The van der Waals surface area contributed by atoms with Gasteiger partial charge in [0.2, 0.25) is 10.0 Å². The quantitative estimate of drug-likeness (QED) is 0.513. The molecule has 0 aromatic heterocycles. The number of sulfonamides is 1. The maximum absolute atomic E-state index is 12.2. The molecule has 0 aliphatic carbocycles. The topological polar surface area (TPSA) is 111 Å². The summed E-state index contributed by atoms with van der Waals surface area (Å²) in [4.78, 5) is 24.2. The molecule has 1 atom stereocenters. The molecule has 0 heterocycles. The Morgan fingerprint density at radius 1 is 1.07 bits per heavy atom. The van der Waals surface area contributed by atoms with Crippen molar-refractivity contribution in [3.8, 4) is 5.75 Å². The van der Waals surface area contributed by atoms with Crippen LogP contribution in [-0.4, -0.2) is 39.0 Å². The fourth-order valence-electron chi connectivity index (χ4n) is 2.32. The van der Waals surface area contributed by atoms with Crippen molar-refractivity contribution in [3.63, 3.8) is 0 Å². The van der Waals surface area contributed by atoms with Gasteiger partial charge >= 0.3 is 5.97 Å². The number of esters is 1. The standard InChI is InChI=1S/C20H23BrN2O6S/c1-13(2)23-30(26,27)18-9-7-16(8-10-18)22-20(25)14(3)29-19(24)12-28-17-6-4-5-15(21)11-17/h4-11,13-14,23H,12H2,1-3H3,(H,22,25). The second kappa shape index (κ2) is 10.6. The Hall–Kier alpha value is -2.43. The van der Waals surface area contributed by atoms with Crippen LogP contribution >= 0.6 is 15.9 Å². The molecule has 0 aliphatic rings. The van der Waals surface area contributed by atoms with Crippen molar-refractivity contribution in [2.45, 2.75) is 37.8 Å². The third-order valence-electron chi connectivity index (χ3n) is 3.65. The molecule has 0 fully saturated rings. The average molecular weight is 499 g/mol. The van der Waals surface area contributed by atoms with Crippen molar-refractivity contribution in [2.75, 3.05) is 11.9 Å². The molecule has 0 saturated heterocycles. The Bertz CT molecular complexity index is 993. The summed E-state index contributed by atoms with van der Waals surface area (Å²) in [5.74, 6) is -0.763. The van der Waals surface area contributed by atoms with E-state index in [1.807, 2.05) is 6.07 Å². The highest BCUT2D eigenvalue weighted by Gasteiger charge is 2.19. The largest absolute Gasteiger partial charge is 0.482 e. The number of amides is 1. The number of ether oxygens (including phenoxy) is 2. The van der Waals surface area contributed by atoms with E-state index in [0.29, 0.717) is 11.4 Å². The number of carbonyl (C=O) groups is 2. The van der Waals surface area contributed by atoms with Gasteiger partial charge in [-0.25, -0.2) is 17.9 Å². The van der Waals surface area contributed by atoms with Gasteiger partial charge in [-0.2, -0.15) is 0 Å². The summed E-state index contributed by atoms with van der Waals surface area (Å²) in [6.07, 6.45) is -1.06. The summed E-state index contributed by atoms with van der Waals surface area (Å²) in [5, 5.41) is 2.57. The summed E-state index contributed by atoms with van der Waals surface area (Å²) in [7, 11) is -3.62. The number of anilines is 1. The molecule has 10 heteroatoms. The first-order valence-corrected chi connectivity index (χ1v) is 11.4. The molecule has 1 amide bonds. The number of rotatable bonds is 9. The van der Waals surface area contributed by atoms with Crippen LogP contribution < -0.4 is 14.8 Å². The van der Waals surface area contributed by atoms with E-state index < -0.39 is 28.0 Å². The number of hydrogen-bond donors (Lipinski definition) is 2. The Morgan fingerprint density at radius 3 is 2.33 bits per heavy atom. The van der Waals surface area contributed by atoms with Gasteiger partial charge in [0.1, 0.15) is 5.75 Å². The van der Waals surface area contributed by atoms with Gasteiger partial charge in [-0.05, 0) is 63.2 Å². The molecule has 30 heavy (non-hydrogen) atoms. The third-order valence-corrected chi connectivity index (χ3v) is 5.82. The van der Waals surface area contributed by atoms with Gasteiger partial charge in [0, 0.05) is 16.2 Å². The number of carbonyl (C=O) groups excluding carboxylic acids is 2. The fraction of sp³-hybridized carbons (Fsp3) is 0.300. The number of hydrogen-bond acceptors (Lipinski definition) is 6. The van der Waals surface area contributed by atoms with E-state index in [-0.39, 0.29) is 17.5 Å². The lowest BCUT2D eigenvalue weighted by Crippen LogP contribution is -2.32. The van der Waals surface area contributed by atoms with Gasteiger partial charge in [-0.3, -0.25) is 4.79 Å². The Kier molecular flexibility index (Phi) is 8.39. The molecule has 162 valence electrons. The Balaban J connectivity index is 1.87. The van der Waals surface area contributed by atoms with Crippen molar-refractivity contribution < 1.29 is 27.5 Å². The van der Waals surface area contributed by atoms with Crippen molar-refractivity contribution in [3.05, 3.63) is 53.0 Å². The average Bonchev–Trinajstić information content (AvgIpc) is 2.66. The Labute approximate surface area is 184 Å². The molecule has 2 aromatic carbocycles. The minimum Gasteiger partial charge on any atom is -0.482 e. The molecule has 2 aromatic rings. The molecule has 0 radical (unpaired) electrons. The van der Waals surface area contributed by atoms with Crippen molar-refractivity contribution in [1.82, 2.24) is 4.72 Å². The molecule has 0 spiro atoms. The molecule has 1 unspecified atom stereocenters. The lowest BCUT2D eigenvalue weighted by molar-refractivity contribution is -0.155. The van der Waals surface area contributed by atoms with Crippen LogP contribution in [0, 0.1) is 0 Å². The normalized spacial score (nSPS) is 12.3. The molecule has 2 rings (SSSR count). The number of nitrogens with one attached hydrogen (secondary N) is 2. The molecule has 2 N–H and O–H groups in total. The van der Waals surface area contributed by atoms with Crippen molar-refractivity contribution >= 4 is 43.5 Å². The monoisotopic (exact) mass is 498 g/mol. The SMILES string of the molecule is CC(C)NS(=O)(=O)c1ccc(NC(=O)C(C)OC(=O)COc2cccc(Br)c2)cc1. The van der Waals surface area contributed by atoms with E-state index in [9.17, 15) is 18.0 Å². The summed E-state index contributed by atoms with van der Waals surface area (Å²) >= 11 is 3.30. The van der Waals surface area contributed by atoms with E-state index in [1.165, 1.54) is 31.2 Å². The van der Waals surface area contributed by atoms with Gasteiger partial charge in [-0.15, -0.1) is 0 Å². The van der Waals surface area contributed by atoms with Gasteiger partial charge in [-0.1, -0.05) is 22.0 Å². The van der Waals surface area contributed by atoms with E-state index in [4.69, 9.17) is 9.47 Å². The molecular formula is C20H23BrN2O6S. The predicted molar refractivity (Wildman–Crippen MR) is 116 cm³/mol. The molecule has 0 aliphatic heterocycles. The van der Waals surface area contributed by atoms with Gasteiger partial charge < -0.3 is 14.8 Å². The van der Waals surface area contributed by atoms with Crippen LogP contribution in [0.4, 0.5) is 5.69 Å². The minimum atomic E-state index is -3.62. The van der Waals surface area contributed by atoms with Crippen molar-refractivity contribution in [1.29, 1.82) is 0 Å². The Morgan fingerprint density at radius 2 is 1.73 bits per heavy atom. The summed E-state index contributed by atoms with van der Waals surface area (Å²) in [5.41, 5.74) is 0.372. The zero-order valence-electron chi connectivity index (χ0n) is 16.7. The number of halogens is 1. The summed E-state index contributed by atoms with van der Waals surface area (Å²) in [6, 6.07) is 12.4. The smallest absolute Gasteiger partial charge is 0.344 e. The number of benzene rings is 2. The zero-order valence-corrected chi connectivity index (χ0v) is 19.1. The van der Waals surface area contributed by atoms with Crippen LogP contribution in [0.25, 0.3) is 0 Å². The zero-order chi connectivity index (χ0) is 22.3. The van der Waals surface area contributed by atoms with Crippen molar-refractivity contribution in [2.24, 2.45) is 0 Å². The first-order valence-electron chi connectivity index (χ1n) is 9.08. The first-order chi connectivity index (χ1) is 14.1. The first kappa shape index (κ1) is 23.8. The molecule has 0 bridgehead atoms. The lowest BCUT2D eigenvalue weighted by Gasteiger charge is -2.14. The molecule has 0 saturated carbocycles. The van der Waals surface area contributed by atoms with E-state index >= 15 is 0 Å². The second-order valence-electron chi connectivity index (χ2n) is 6.67. The van der Waals surface area contributed by atoms with E-state index in [1.54, 1.807) is 32.0 Å². The summed E-state index contributed by atoms with van der Waals surface area (Å²) < 4.78 is 37.9. The van der Waals surface area contributed by atoms with Gasteiger partial charge in [0.15, 0.2) is 12.7 Å². The van der Waals surface area contributed by atoms with Crippen LogP contribution in [-0.2, 0) is 24.3 Å². The minimum absolute atomic E-state index is 0.0818. The maximum atomic E-state index is 12.2. The lowest BCUT2D eigenvalue weighted by atomic mass is 10.3. The van der Waals surface area contributed by atoms with Crippen LogP contribution in [0.5, 0.6) is 5.75 Å². The van der Waals surface area contributed by atoms with Crippen LogP contribution in [0.15, 0.2) is 57.9 Å². The highest BCUT2D eigenvalue weighted by atomic mass is 79.9. The second-order valence-corrected chi connectivity index (χ2v) is 9.30. The predicted octanol–water partition coefficient (Wildman–Crippen LogP) is 3.09. The maximum Gasteiger partial charge on any atom is 0.344 e. The fourth-order valence-corrected chi connectivity index (χ4v) is 3.95. The van der Waals surface area contributed by atoms with Crippen LogP contribution in [0.3, 0.4) is 0 Å². The third kappa shape index (κ3) is 7.43. The van der Waals surface area contributed by atoms with Crippen LogP contribution in [0.1, 0.15) is 20.8 Å². The molecule has 8 nitrogen and oxygen atoms in total. The highest BCUT2D eigenvalue weighted by molar-refractivity contribution is 9.10. The van der Waals surface area contributed by atoms with Crippen LogP contribution in [0.2, 0.25) is 0 Å². The van der Waals surface area contributed by atoms with E-state index in [0.717, 1.165) is 4.47 Å². The van der Waals surface area contributed by atoms with Gasteiger partial charge in [0.05, 0.1) is 4.90 Å². The highest BCUT2D eigenvalue weighted by Crippen LogP contribution is 2.18. The molecular weight excluding hydrogens is 476 g/mol. The van der Waals surface area contributed by atoms with Gasteiger partial charge in [0.25, 0.3) is 5.91 Å².